The van der Waals surface area contributed by atoms with Crippen molar-refractivity contribution in [1.82, 2.24) is 4.98 Å². The molecule has 0 aliphatic heterocycles. The van der Waals surface area contributed by atoms with Crippen LogP contribution in [-0.2, 0) is 0 Å². The molecule has 0 amide bonds. The van der Waals surface area contributed by atoms with E-state index in [0.717, 1.165) is 27.9 Å². The fourth-order valence-electron chi connectivity index (χ4n) is 1.86. The number of benzene rings is 1. The lowest BCUT2D eigenvalue weighted by molar-refractivity contribution is 0.0697. The molecule has 4 nitrogen and oxygen atoms in total. The van der Waals surface area contributed by atoms with E-state index in [9.17, 15) is 9.18 Å². The zero-order valence-corrected chi connectivity index (χ0v) is 12.5. The number of aryl methyl sites for hydroxylation is 2. The third kappa shape index (κ3) is 2.96. The summed E-state index contributed by atoms with van der Waals surface area (Å²) >= 11 is 3.46. The fraction of sp³-hybridized carbons (Fsp3) is 0.143. The van der Waals surface area contributed by atoms with E-state index < -0.39 is 11.8 Å². The Morgan fingerprint density at radius 3 is 2.45 bits per heavy atom. The van der Waals surface area contributed by atoms with Crippen molar-refractivity contribution in [3.63, 3.8) is 0 Å². The zero-order chi connectivity index (χ0) is 14.9. The second-order valence-electron chi connectivity index (χ2n) is 4.40. The van der Waals surface area contributed by atoms with Crippen LogP contribution in [0.1, 0.15) is 21.5 Å². The lowest BCUT2D eigenvalue weighted by atomic mass is 10.1. The largest absolute Gasteiger partial charge is 0.478 e. The average Bonchev–Trinajstić information content (AvgIpc) is 2.37. The lowest BCUT2D eigenvalue weighted by Gasteiger charge is -2.11. The van der Waals surface area contributed by atoms with Crippen molar-refractivity contribution in [2.45, 2.75) is 13.8 Å². The Balaban J connectivity index is 2.42. The van der Waals surface area contributed by atoms with Gasteiger partial charge in [-0.1, -0.05) is 15.9 Å². The average molecular weight is 339 g/mol. The van der Waals surface area contributed by atoms with E-state index in [0.29, 0.717) is 5.69 Å². The van der Waals surface area contributed by atoms with Gasteiger partial charge in [0.05, 0.1) is 6.20 Å². The van der Waals surface area contributed by atoms with Gasteiger partial charge in [-0.2, -0.15) is 0 Å². The van der Waals surface area contributed by atoms with Crippen molar-refractivity contribution >= 4 is 33.4 Å². The van der Waals surface area contributed by atoms with Crippen LogP contribution in [0.4, 0.5) is 15.9 Å². The van der Waals surface area contributed by atoms with Crippen LogP contribution in [0, 0.1) is 19.7 Å². The van der Waals surface area contributed by atoms with Gasteiger partial charge in [0.25, 0.3) is 0 Å². The van der Waals surface area contributed by atoms with Gasteiger partial charge >= 0.3 is 5.97 Å². The van der Waals surface area contributed by atoms with Gasteiger partial charge in [-0.25, -0.2) is 14.2 Å². The van der Waals surface area contributed by atoms with Crippen LogP contribution in [0.25, 0.3) is 0 Å². The van der Waals surface area contributed by atoms with E-state index in [1.807, 2.05) is 26.0 Å². The number of hydrogen-bond acceptors (Lipinski definition) is 3. The molecule has 0 radical (unpaired) electrons. The molecule has 6 heteroatoms. The van der Waals surface area contributed by atoms with Crippen molar-refractivity contribution in [2.75, 3.05) is 5.32 Å². The second-order valence-corrected chi connectivity index (χ2v) is 5.20. The number of anilines is 2. The monoisotopic (exact) mass is 338 g/mol. The van der Waals surface area contributed by atoms with Gasteiger partial charge in [0.15, 0.2) is 0 Å². The molecule has 2 rings (SSSR count). The summed E-state index contributed by atoms with van der Waals surface area (Å²) in [4.78, 5) is 14.9. The van der Waals surface area contributed by atoms with Crippen molar-refractivity contribution in [3.8, 4) is 0 Å². The number of carbonyl (C=O) groups is 1. The summed E-state index contributed by atoms with van der Waals surface area (Å²) in [5, 5.41) is 12.0. The van der Waals surface area contributed by atoms with Crippen LogP contribution in [-0.4, -0.2) is 16.1 Å². The third-order valence-corrected chi connectivity index (χ3v) is 4.03. The Hall–Kier alpha value is -1.95. The smallest absolute Gasteiger partial charge is 0.339 e. The predicted octanol–water partition coefficient (Wildman–Crippen LogP) is 4.04. The number of halogens is 2. The summed E-state index contributed by atoms with van der Waals surface area (Å²) < 4.78 is 14.1. The van der Waals surface area contributed by atoms with E-state index in [1.165, 1.54) is 0 Å². The van der Waals surface area contributed by atoms with Gasteiger partial charge < -0.3 is 10.4 Å². The highest BCUT2D eigenvalue weighted by molar-refractivity contribution is 9.10. The Labute approximate surface area is 123 Å². The molecule has 0 saturated heterocycles. The number of pyridine rings is 1. The summed E-state index contributed by atoms with van der Waals surface area (Å²) in [5.41, 5.74) is 2.51. The number of hydrogen-bond donors (Lipinski definition) is 2. The zero-order valence-electron chi connectivity index (χ0n) is 10.9. The molecular weight excluding hydrogens is 327 g/mol. The first-order valence-electron chi connectivity index (χ1n) is 5.81. The molecule has 0 atom stereocenters. The van der Waals surface area contributed by atoms with Gasteiger partial charge in [-0.05, 0) is 43.2 Å². The number of rotatable bonds is 3. The topological polar surface area (TPSA) is 62.2 Å². The Kier molecular flexibility index (Phi) is 4.04. The van der Waals surface area contributed by atoms with Crippen LogP contribution in [0.15, 0.2) is 28.9 Å². The second kappa shape index (κ2) is 5.58. The maximum Gasteiger partial charge on any atom is 0.339 e. The minimum atomic E-state index is -1.23. The van der Waals surface area contributed by atoms with Gasteiger partial charge in [-0.15, -0.1) is 0 Å². The summed E-state index contributed by atoms with van der Waals surface area (Å²) in [6.07, 6.45) is 0.980. The van der Waals surface area contributed by atoms with E-state index in [1.54, 1.807) is 0 Å². The maximum atomic E-state index is 13.1. The van der Waals surface area contributed by atoms with Crippen molar-refractivity contribution in [2.24, 2.45) is 0 Å². The van der Waals surface area contributed by atoms with E-state index in [4.69, 9.17) is 5.11 Å². The molecule has 104 valence electrons. The first-order valence-corrected chi connectivity index (χ1v) is 6.60. The number of carboxylic acids is 1. The highest BCUT2D eigenvalue weighted by Gasteiger charge is 2.13. The van der Waals surface area contributed by atoms with Crippen LogP contribution in [0.2, 0.25) is 0 Å². The molecule has 0 unspecified atom stereocenters. The molecule has 0 aliphatic carbocycles. The van der Waals surface area contributed by atoms with Gasteiger partial charge in [0.2, 0.25) is 0 Å². The lowest BCUT2D eigenvalue weighted by Crippen LogP contribution is -2.06. The van der Waals surface area contributed by atoms with Crippen LogP contribution < -0.4 is 5.32 Å². The quantitative estimate of drug-likeness (QED) is 0.886. The molecule has 1 aromatic heterocycles. The molecule has 0 aliphatic rings. The molecule has 1 heterocycles. The normalized spacial score (nSPS) is 10.4. The van der Waals surface area contributed by atoms with Crippen molar-refractivity contribution in [3.05, 3.63) is 51.4 Å². The highest BCUT2D eigenvalue weighted by Crippen LogP contribution is 2.27. The van der Waals surface area contributed by atoms with Gasteiger partial charge in [0.1, 0.15) is 17.2 Å². The Morgan fingerprint density at radius 2 is 1.90 bits per heavy atom. The SMILES string of the molecule is Cc1cc(Nc2ncc(F)cc2C(=O)O)cc(C)c1Br. The van der Waals surface area contributed by atoms with Crippen molar-refractivity contribution < 1.29 is 14.3 Å². The van der Waals surface area contributed by atoms with Crippen LogP contribution in [0.3, 0.4) is 0 Å². The molecule has 1 aromatic carbocycles. The van der Waals surface area contributed by atoms with E-state index >= 15 is 0 Å². The van der Waals surface area contributed by atoms with E-state index in [-0.39, 0.29) is 11.4 Å². The third-order valence-electron chi connectivity index (χ3n) is 2.78. The number of aromatic nitrogens is 1. The molecular formula is C14H12BrFN2O2. The van der Waals surface area contributed by atoms with E-state index in [2.05, 4.69) is 26.2 Å². The number of carboxylic acid groups (broad SMARTS) is 1. The number of aromatic carboxylic acids is 1. The Bertz CT molecular complexity index is 666. The fourth-order valence-corrected chi connectivity index (χ4v) is 2.09. The molecule has 0 spiro atoms. The standard InChI is InChI=1S/C14H12BrFN2O2/c1-7-3-10(4-8(2)12(7)15)18-13-11(14(19)20)5-9(16)6-17-13/h3-6H,1-2H3,(H,17,18)(H,19,20). The van der Waals surface area contributed by atoms with Crippen LogP contribution in [0.5, 0.6) is 0 Å². The summed E-state index contributed by atoms with van der Waals surface area (Å²) in [7, 11) is 0. The highest BCUT2D eigenvalue weighted by atomic mass is 79.9. The predicted molar refractivity (Wildman–Crippen MR) is 78.1 cm³/mol. The summed E-state index contributed by atoms with van der Waals surface area (Å²) in [6, 6.07) is 4.65. The molecule has 2 aromatic rings. The first-order chi connectivity index (χ1) is 9.38. The molecule has 0 fully saturated rings. The van der Waals surface area contributed by atoms with Crippen LogP contribution >= 0.6 is 15.9 Å². The Morgan fingerprint density at radius 1 is 1.30 bits per heavy atom. The number of nitrogens with one attached hydrogen (secondary N) is 1. The maximum absolute atomic E-state index is 13.1. The molecule has 0 saturated carbocycles. The first kappa shape index (κ1) is 14.5. The number of nitrogens with zero attached hydrogens (tertiary/aromatic N) is 1. The summed E-state index contributed by atoms with van der Waals surface area (Å²) in [6.45, 7) is 3.86. The molecule has 2 N–H and O–H groups in total. The minimum Gasteiger partial charge on any atom is -0.478 e. The van der Waals surface area contributed by atoms with Gasteiger partial charge in [0, 0.05) is 10.2 Å². The summed E-state index contributed by atoms with van der Waals surface area (Å²) in [5.74, 6) is -1.80. The van der Waals surface area contributed by atoms with Gasteiger partial charge in [-0.3, -0.25) is 0 Å². The van der Waals surface area contributed by atoms with Crippen molar-refractivity contribution in [1.29, 1.82) is 0 Å². The molecule has 20 heavy (non-hydrogen) atoms. The minimum absolute atomic E-state index is 0.111. The molecule has 0 bridgehead atoms.